The Bertz CT molecular complexity index is 753. The number of nitrogens with zero attached hydrogens (tertiary/aromatic N) is 1. The number of hydrogen-bond acceptors (Lipinski definition) is 3. The van der Waals surface area contributed by atoms with Gasteiger partial charge in [0.1, 0.15) is 11.9 Å². The van der Waals surface area contributed by atoms with Crippen LogP contribution in [0.2, 0.25) is 0 Å². The minimum atomic E-state index is -0.0744. The molecule has 0 radical (unpaired) electrons. The number of carbonyl (C=O) groups is 1. The number of benzene rings is 2. The average Bonchev–Trinajstić information content (AvgIpc) is 2.70. The molecule has 0 aliphatic rings. The van der Waals surface area contributed by atoms with Crippen LogP contribution < -0.4 is 20.7 Å². The molecule has 0 aliphatic carbocycles. The van der Waals surface area contributed by atoms with Crippen LogP contribution >= 0.6 is 24.0 Å². The number of hydrogen-bond donors (Lipinski definition) is 3. The summed E-state index contributed by atoms with van der Waals surface area (Å²) >= 11 is 0. The molecule has 0 aliphatic heterocycles. The minimum absolute atomic E-state index is 0. The van der Waals surface area contributed by atoms with Crippen molar-refractivity contribution in [2.24, 2.45) is 4.99 Å². The molecule has 0 saturated heterocycles. The molecule has 1 unspecified atom stereocenters. The van der Waals surface area contributed by atoms with Crippen molar-refractivity contribution in [1.29, 1.82) is 0 Å². The first-order chi connectivity index (χ1) is 13.1. The van der Waals surface area contributed by atoms with Crippen molar-refractivity contribution >= 4 is 35.8 Å². The lowest BCUT2D eigenvalue weighted by Gasteiger charge is -2.17. The zero-order valence-corrected chi connectivity index (χ0v) is 18.9. The van der Waals surface area contributed by atoms with Gasteiger partial charge in [0.25, 0.3) is 5.91 Å². The van der Waals surface area contributed by atoms with E-state index in [2.05, 4.69) is 20.9 Å². The van der Waals surface area contributed by atoms with Crippen molar-refractivity contribution in [3.05, 3.63) is 65.7 Å². The van der Waals surface area contributed by atoms with Crippen LogP contribution in [0.15, 0.2) is 59.6 Å². The van der Waals surface area contributed by atoms with E-state index in [0.717, 1.165) is 23.7 Å². The zero-order valence-electron chi connectivity index (χ0n) is 16.6. The van der Waals surface area contributed by atoms with Gasteiger partial charge in [-0.1, -0.05) is 30.3 Å². The highest BCUT2D eigenvalue weighted by atomic mass is 127. The Balaban J connectivity index is 0.00000392. The monoisotopic (exact) mass is 496 g/mol. The van der Waals surface area contributed by atoms with Crippen molar-refractivity contribution < 1.29 is 9.53 Å². The summed E-state index contributed by atoms with van der Waals surface area (Å²) in [6, 6.07) is 17.4. The van der Waals surface area contributed by atoms with Gasteiger partial charge in [0, 0.05) is 26.2 Å². The van der Waals surface area contributed by atoms with E-state index in [1.165, 1.54) is 0 Å². The summed E-state index contributed by atoms with van der Waals surface area (Å²) in [5.41, 5.74) is 1.77. The molecule has 2 aromatic rings. The quantitative estimate of drug-likeness (QED) is 0.299. The van der Waals surface area contributed by atoms with Crippen molar-refractivity contribution in [3.8, 4) is 5.75 Å². The van der Waals surface area contributed by atoms with E-state index in [9.17, 15) is 4.79 Å². The van der Waals surface area contributed by atoms with Gasteiger partial charge in [0.05, 0.1) is 6.54 Å². The Kier molecular flexibility index (Phi) is 11.0. The van der Waals surface area contributed by atoms with E-state index in [0.29, 0.717) is 18.7 Å². The number of ether oxygens (including phenoxy) is 1. The lowest BCUT2D eigenvalue weighted by molar-refractivity contribution is 0.0963. The van der Waals surface area contributed by atoms with Gasteiger partial charge < -0.3 is 20.7 Å². The third-order valence-electron chi connectivity index (χ3n) is 3.98. The highest BCUT2D eigenvalue weighted by Crippen LogP contribution is 2.10. The highest BCUT2D eigenvalue weighted by molar-refractivity contribution is 14.0. The third kappa shape index (κ3) is 8.16. The number of para-hydroxylation sites is 1. The molecule has 0 aromatic heterocycles. The standard InChI is InChI=1S/C21H28N4O2.HI/c1-16(27-19-10-5-4-6-11-19)15-25-21(23-3)24-13-12-17-8-7-9-18(14-17)20(26)22-2;/h4-11,14,16H,12-13,15H2,1-3H3,(H,22,26)(H2,23,24,25);1H. The van der Waals surface area contributed by atoms with Crippen LogP contribution in [0.1, 0.15) is 22.8 Å². The normalized spacial score (nSPS) is 11.8. The zero-order chi connectivity index (χ0) is 19.5. The molecule has 0 spiro atoms. The van der Waals surface area contributed by atoms with Crippen molar-refractivity contribution in [3.63, 3.8) is 0 Å². The molecular formula is C21H29IN4O2. The van der Waals surface area contributed by atoms with E-state index in [1.54, 1.807) is 14.1 Å². The number of rotatable bonds is 8. The van der Waals surface area contributed by atoms with Crippen LogP contribution in [0.25, 0.3) is 0 Å². The molecule has 152 valence electrons. The van der Waals surface area contributed by atoms with Crippen LogP contribution in [0, 0.1) is 0 Å². The summed E-state index contributed by atoms with van der Waals surface area (Å²) in [6.07, 6.45) is 0.803. The topological polar surface area (TPSA) is 74.8 Å². The fourth-order valence-electron chi connectivity index (χ4n) is 2.57. The largest absolute Gasteiger partial charge is 0.489 e. The van der Waals surface area contributed by atoms with Crippen LogP contribution in [0.4, 0.5) is 0 Å². The molecule has 1 atom stereocenters. The molecule has 3 N–H and O–H groups in total. The maximum atomic E-state index is 11.7. The first-order valence-corrected chi connectivity index (χ1v) is 9.09. The Morgan fingerprint density at radius 2 is 1.86 bits per heavy atom. The molecular weight excluding hydrogens is 467 g/mol. The van der Waals surface area contributed by atoms with Crippen LogP contribution in [0.5, 0.6) is 5.75 Å². The maximum Gasteiger partial charge on any atom is 0.251 e. The summed E-state index contributed by atoms with van der Waals surface area (Å²) in [5, 5.41) is 9.19. The molecule has 0 fully saturated rings. The molecule has 7 heteroatoms. The Morgan fingerprint density at radius 3 is 2.54 bits per heavy atom. The molecule has 1 amide bonds. The molecule has 2 aromatic carbocycles. The van der Waals surface area contributed by atoms with Crippen LogP contribution in [-0.4, -0.2) is 45.2 Å². The van der Waals surface area contributed by atoms with E-state index in [1.807, 2.05) is 61.5 Å². The Morgan fingerprint density at radius 1 is 1.11 bits per heavy atom. The average molecular weight is 496 g/mol. The van der Waals surface area contributed by atoms with Gasteiger partial charge in [0.15, 0.2) is 5.96 Å². The fourth-order valence-corrected chi connectivity index (χ4v) is 2.57. The smallest absolute Gasteiger partial charge is 0.251 e. The van der Waals surface area contributed by atoms with E-state index in [-0.39, 0.29) is 36.0 Å². The Hall–Kier alpha value is -2.29. The summed E-state index contributed by atoms with van der Waals surface area (Å²) in [7, 11) is 3.37. The van der Waals surface area contributed by atoms with Crippen molar-refractivity contribution in [2.75, 3.05) is 27.2 Å². The number of amides is 1. The first-order valence-electron chi connectivity index (χ1n) is 9.09. The third-order valence-corrected chi connectivity index (χ3v) is 3.98. The highest BCUT2D eigenvalue weighted by Gasteiger charge is 2.06. The number of nitrogens with one attached hydrogen (secondary N) is 3. The number of guanidine groups is 1. The summed E-state index contributed by atoms with van der Waals surface area (Å²) in [6.45, 7) is 3.36. The molecule has 28 heavy (non-hydrogen) atoms. The molecule has 2 rings (SSSR count). The number of aliphatic imine (C=N–C) groups is 1. The molecule has 0 saturated carbocycles. The SMILES string of the molecule is CN=C(NCCc1cccc(C(=O)NC)c1)NCC(C)Oc1ccccc1.I. The molecule has 6 nitrogen and oxygen atoms in total. The maximum absolute atomic E-state index is 11.7. The van der Waals surface area contributed by atoms with Crippen molar-refractivity contribution in [1.82, 2.24) is 16.0 Å². The summed E-state index contributed by atoms with van der Waals surface area (Å²) < 4.78 is 5.85. The lowest BCUT2D eigenvalue weighted by Crippen LogP contribution is -2.42. The fraction of sp³-hybridized carbons (Fsp3) is 0.333. The molecule has 0 heterocycles. The lowest BCUT2D eigenvalue weighted by atomic mass is 10.1. The van der Waals surface area contributed by atoms with Crippen molar-refractivity contribution in [2.45, 2.75) is 19.4 Å². The Labute approximate surface area is 184 Å². The predicted molar refractivity (Wildman–Crippen MR) is 125 cm³/mol. The molecule has 0 bridgehead atoms. The second kappa shape index (κ2) is 13.0. The van der Waals surface area contributed by atoms with E-state index < -0.39 is 0 Å². The van der Waals surface area contributed by atoms with Crippen LogP contribution in [0.3, 0.4) is 0 Å². The van der Waals surface area contributed by atoms with E-state index >= 15 is 0 Å². The van der Waals surface area contributed by atoms with Gasteiger partial charge in [-0.15, -0.1) is 24.0 Å². The van der Waals surface area contributed by atoms with Gasteiger partial charge in [-0.05, 0) is 43.2 Å². The predicted octanol–water partition coefficient (Wildman–Crippen LogP) is 2.84. The summed E-state index contributed by atoms with van der Waals surface area (Å²) in [5.74, 6) is 1.50. The number of halogens is 1. The first kappa shape index (κ1) is 23.7. The van der Waals surface area contributed by atoms with Gasteiger partial charge in [-0.25, -0.2) is 0 Å². The summed E-state index contributed by atoms with van der Waals surface area (Å²) in [4.78, 5) is 15.9. The van der Waals surface area contributed by atoms with Crippen LogP contribution in [-0.2, 0) is 6.42 Å². The number of carbonyl (C=O) groups excluding carboxylic acids is 1. The van der Waals surface area contributed by atoms with E-state index in [4.69, 9.17) is 4.74 Å². The van der Waals surface area contributed by atoms with Gasteiger partial charge in [-0.3, -0.25) is 9.79 Å². The van der Waals surface area contributed by atoms with Gasteiger partial charge in [-0.2, -0.15) is 0 Å². The second-order valence-corrected chi connectivity index (χ2v) is 6.15. The minimum Gasteiger partial charge on any atom is -0.489 e. The second-order valence-electron chi connectivity index (χ2n) is 6.15. The van der Waals surface area contributed by atoms with Gasteiger partial charge >= 0.3 is 0 Å². The van der Waals surface area contributed by atoms with Gasteiger partial charge in [0.2, 0.25) is 0 Å².